The minimum atomic E-state index is -0.880. The average Bonchev–Trinajstić information content (AvgIpc) is 3.26. The van der Waals surface area contributed by atoms with Gasteiger partial charge in [0.25, 0.3) is 5.91 Å². The van der Waals surface area contributed by atoms with Crippen molar-refractivity contribution in [3.8, 4) is 0 Å². The van der Waals surface area contributed by atoms with Crippen LogP contribution < -0.4 is 16.8 Å². The molecule has 3 rings (SSSR count). The Morgan fingerprint density at radius 3 is 2.68 bits per heavy atom. The molecule has 0 aliphatic carbocycles. The summed E-state index contributed by atoms with van der Waals surface area (Å²) in [4.78, 5) is 43.7. The normalized spacial score (nSPS) is 11.2. The molecular formula is C19H22N8O4. The molecule has 3 heterocycles. The van der Waals surface area contributed by atoms with E-state index >= 15 is 0 Å². The van der Waals surface area contributed by atoms with Gasteiger partial charge in [-0.25, -0.2) is 14.8 Å². The molecule has 0 aromatic carbocycles. The third kappa shape index (κ3) is 4.86. The maximum absolute atomic E-state index is 12.9. The molecule has 3 aromatic rings. The Bertz CT molecular complexity index is 1180. The lowest BCUT2D eigenvalue weighted by molar-refractivity contribution is 0.0995. The number of aryl methyl sites for hydroxylation is 2. The number of nitrogens with one attached hydrogen (secondary N) is 1. The zero-order valence-corrected chi connectivity index (χ0v) is 17.0. The standard InChI is InChI=1S/C19H22N8O4/c1-3-27-14(8-11(2)25-27)17(29)24-19-23-13-9-12(15(20)28)10-22-16(13)26(19)6-4-5-7-31-18(21)30/h4-5,8-10H,3,6-7H2,1-2H3,(H2,20,28)(H2,21,30)(H,23,24,29). The van der Waals surface area contributed by atoms with E-state index in [0.717, 1.165) is 0 Å². The summed E-state index contributed by atoms with van der Waals surface area (Å²) < 4.78 is 7.87. The van der Waals surface area contributed by atoms with Crippen LogP contribution in [0.25, 0.3) is 11.2 Å². The minimum Gasteiger partial charge on any atom is -0.445 e. The highest BCUT2D eigenvalue weighted by Crippen LogP contribution is 2.20. The fraction of sp³-hybridized carbons (Fsp3) is 0.263. The van der Waals surface area contributed by atoms with Gasteiger partial charge in [0, 0.05) is 19.3 Å². The van der Waals surface area contributed by atoms with Crippen LogP contribution >= 0.6 is 0 Å². The number of ether oxygens (including phenoxy) is 1. The number of carbonyl (C=O) groups is 3. The molecule has 0 saturated carbocycles. The molecule has 0 bridgehead atoms. The minimum absolute atomic E-state index is 0.00211. The molecule has 162 valence electrons. The Morgan fingerprint density at radius 2 is 2.00 bits per heavy atom. The van der Waals surface area contributed by atoms with Crippen molar-refractivity contribution < 1.29 is 19.1 Å². The molecule has 12 heteroatoms. The van der Waals surface area contributed by atoms with Gasteiger partial charge in [-0.05, 0) is 32.1 Å². The fourth-order valence-electron chi connectivity index (χ4n) is 2.93. The summed E-state index contributed by atoms with van der Waals surface area (Å²) in [6, 6.07) is 3.17. The molecular weight excluding hydrogens is 404 g/mol. The summed E-state index contributed by atoms with van der Waals surface area (Å²) in [5, 5.41) is 7.04. The van der Waals surface area contributed by atoms with Crippen molar-refractivity contribution in [3.05, 3.63) is 47.4 Å². The van der Waals surface area contributed by atoms with Gasteiger partial charge in [0.05, 0.1) is 11.3 Å². The third-order valence-electron chi connectivity index (χ3n) is 4.31. The van der Waals surface area contributed by atoms with Crippen molar-refractivity contribution in [3.63, 3.8) is 0 Å². The highest BCUT2D eigenvalue weighted by Gasteiger charge is 2.19. The van der Waals surface area contributed by atoms with Gasteiger partial charge in [0.1, 0.15) is 17.8 Å². The summed E-state index contributed by atoms with van der Waals surface area (Å²) >= 11 is 0. The molecule has 0 spiro atoms. The number of primary amides is 2. The van der Waals surface area contributed by atoms with E-state index in [2.05, 4.69) is 25.1 Å². The van der Waals surface area contributed by atoms with Gasteiger partial charge in [-0.15, -0.1) is 0 Å². The van der Waals surface area contributed by atoms with Crippen LogP contribution in [0.15, 0.2) is 30.5 Å². The number of allylic oxidation sites excluding steroid dienone is 1. The Hall–Kier alpha value is -4.22. The molecule has 0 fully saturated rings. The van der Waals surface area contributed by atoms with Crippen LogP contribution in [0.1, 0.15) is 33.5 Å². The number of anilines is 1. The van der Waals surface area contributed by atoms with E-state index in [1.54, 1.807) is 34.4 Å². The quantitative estimate of drug-likeness (QED) is 0.450. The lowest BCUT2D eigenvalue weighted by Gasteiger charge is -2.08. The summed E-state index contributed by atoms with van der Waals surface area (Å²) in [5.74, 6) is -0.813. The van der Waals surface area contributed by atoms with E-state index in [0.29, 0.717) is 29.1 Å². The zero-order valence-electron chi connectivity index (χ0n) is 17.0. The second-order valence-electron chi connectivity index (χ2n) is 6.52. The van der Waals surface area contributed by atoms with Crippen LogP contribution in [-0.4, -0.2) is 48.8 Å². The van der Waals surface area contributed by atoms with E-state index < -0.39 is 17.9 Å². The average molecular weight is 426 g/mol. The van der Waals surface area contributed by atoms with Crippen LogP contribution in [0.2, 0.25) is 0 Å². The number of aromatic nitrogens is 5. The molecule has 0 saturated heterocycles. The number of rotatable bonds is 8. The van der Waals surface area contributed by atoms with Gasteiger partial charge in [0.15, 0.2) is 5.65 Å². The van der Waals surface area contributed by atoms with Crippen molar-refractivity contribution in [2.75, 3.05) is 11.9 Å². The van der Waals surface area contributed by atoms with Crippen LogP contribution in [0.4, 0.5) is 10.7 Å². The zero-order chi connectivity index (χ0) is 22.5. The fourth-order valence-corrected chi connectivity index (χ4v) is 2.93. The SMILES string of the molecule is CCn1nc(C)cc1C(=O)Nc1nc2cc(C(N)=O)cnc2n1CC=CCOC(N)=O. The molecule has 12 nitrogen and oxygen atoms in total. The number of pyridine rings is 1. The maximum Gasteiger partial charge on any atom is 0.404 e. The first kappa shape index (κ1) is 21.5. The molecule has 0 unspecified atom stereocenters. The molecule has 3 amide bonds. The van der Waals surface area contributed by atoms with Gasteiger partial charge in [0.2, 0.25) is 11.9 Å². The number of hydrogen-bond acceptors (Lipinski definition) is 7. The summed E-state index contributed by atoms with van der Waals surface area (Å²) in [6.45, 7) is 4.46. The first-order valence-corrected chi connectivity index (χ1v) is 9.39. The number of nitrogens with two attached hydrogens (primary N) is 2. The van der Waals surface area contributed by atoms with Crippen molar-refractivity contribution in [1.29, 1.82) is 0 Å². The third-order valence-corrected chi connectivity index (χ3v) is 4.31. The molecule has 0 radical (unpaired) electrons. The molecule has 0 atom stereocenters. The summed E-state index contributed by atoms with van der Waals surface area (Å²) in [6.07, 6.45) is 3.75. The molecule has 0 aliphatic rings. The predicted molar refractivity (Wildman–Crippen MR) is 111 cm³/mol. The van der Waals surface area contributed by atoms with Crippen LogP contribution in [0, 0.1) is 6.92 Å². The lowest BCUT2D eigenvalue weighted by atomic mass is 10.2. The van der Waals surface area contributed by atoms with Gasteiger partial charge in [-0.1, -0.05) is 6.08 Å². The smallest absolute Gasteiger partial charge is 0.404 e. The van der Waals surface area contributed by atoms with Crippen molar-refractivity contribution in [2.45, 2.75) is 26.9 Å². The summed E-state index contributed by atoms with van der Waals surface area (Å²) in [7, 11) is 0. The van der Waals surface area contributed by atoms with Crippen molar-refractivity contribution in [1.82, 2.24) is 24.3 Å². The maximum atomic E-state index is 12.9. The first-order chi connectivity index (χ1) is 14.8. The van der Waals surface area contributed by atoms with Crippen LogP contribution in [0.3, 0.4) is 0 Å². The number of imidazole rings is 1. The Balaban J connectivity index is 1.94. The molecule has 5 N–H and O–H groups in total. The van der Waals surface area contributed by atoms with Crippen molar-refractivity contribution >= 4 is 35.0 Å². The molecule has 31 heavy (non-hydrogen) atoms. The van der Waals surface area contributed by atoms with Crippen LogP contribution in [-0.2, 0) is 17.8 Å². The van der Waals surface area contributed by atoms with Crippen LogP contribution in [0.5, 0.6) is 0 Å². The Labute approximate surface area is 176 Å². The monoisotopic (exact) mass is 426 g/mol. The van der Waals surface area contributed by atoms with E-state index in [4.69, 9.17) is 11.5 Å². The second kappa shape index (κ2) is 9.07. The number of carbonyl (C=O) groups excluding carboxylic acids is 3. The van der Waals surface area contributed by atoms with E-state index in [9.17, 15) is 14.4 Å². The molecule has 0 aliphatic heterocycles. The van der Waals surface area contributed by atoms with Gasteiger partial charge in [-0.3, -0.25) is 24.2 Å². The van der Waals surface area contributed by atoms with Gasteiger partial charge in [-0.2, -0.15) is 5.10 Å². The van der Waals surface area contributed by atoms with Gasteiger partial charge < -0.3 is 16.2 Å². The van der Waals surface area contributed by atoms with Gasteiger partial charge >= 0.3 is 6.09 Å². The number of hydrogen-bond donors (Lipinski definition) is 3. The largest absolute Gasteiger partial charge is 0.445 e. The number of nitrogens with zero attached hydrogens (tertiary/aromatic N) is 5. The first-order valence-electron chi connectivity index (χ1n) is 9.39. The second-order valence-corrected chi connectivity index (χ2v) is 6.52. The topological polar surface area (TPSA) is 173 Å². The lowest BCUT2D eigenvalue weighted by Crippen LogP contribution is -2.20. The Morgan fingerprint density at radius 1 is 1.23 bits per heavy atom. The van der Waals surface area contributed by atoms with E-state index in [1.165, 1.54) is 12.3 Å². The van der Waals surface area contributed by atoms with E-state index in [-0.39, 0.29) is 24.7 Å². The highest BCUT2D eigenvalue weighted by molar-refractivity contribution is 6.03. The number of fused-ring (bicyclic) bond motifs is 1. The van der Waals surface area contributed by atoms with E-state index in [1.807, 2.05) is 6.92 Å². The highest BCUT2D eigenvalue weighted by atomic mass is 16.5. The molecule has 3 aromatic heterocycles. The van der Waals surface area contributed by atoms with Crippen molar-refractivity contribution in [2.24, 2.45) is 11.5 Å². The Kier molecular flexibility index (Phi) is 6.29. The summed E-state index contributed by atoms with van der Waals surface area (Å²) in [5.41, 5.74) is 12.4. The number of amides is 3. The predicted octanol–water partition coefficient (Wildman–Crippen LogP) is 0.959.